The second-order valence-corrected chi connectivity index (χ2v) is 10.5. The van der Waals surface area contributed by atoms with Crippen molar-refractivity contribution in [2.75, 3.05) is 0 Å². The molecule has 202 valence electrons. The van der Waals surface area contributed by atoms with Crippen LogP contribution >= 0.6 is 0 Å². The van der Waals surface area contributed by atoms with Gasteiger partial charge in [0.25, 0.3) is 0 Å². The average molecular weight is 545 g/mol. The lowest BCUT2D eigenvalue weighted by Crippen LogP contribution is -1.94. The molecular weight excluding hydrogens is 516 g/mol. The molecule has 0 fully saturated rings. The van der Waals surface area contributed by atoms with E-state index in [1.807, 2.05) is 42.9 Å². The molecule has 0 saturated carbocycles. The van der Waals surface area contributed by atoms with E-state index in [0.717, 1.165) is 50.2 Å². The van der Waals surface area contributed by atoms with E-state index in [9.17, 15) is 5.11 Å². The molecule has 0 radical (unpaired) electrons. The van der Waals surface area contributed by atoms with Crippen LogP contribution in [0.15, 0.2) is 128 Å². The molecule has 4 aromatic carbocycles. The molecular formula is C37H28N4O. The summed E-state index contributed by atoms with van der Waals surface area (Å²) in [4.78, 5) is 13.9. The normalized spacial score (nSPS) is 11.2. The third kappa shape index (κ3) is 4.61. The fourth-order valence-corrected chi connectivity index (χ4v) is 5.52. The van der Waals surface area contributed by atoms with Crippen LogP contribution in [0.4, 0.5) is 0 Å². The maximum absolute atomic E-state index is 10.5. The molecule has 0 aliphatic heterocycles. The minimum absolute atomic E-state index is 0.114. The standard InChI is InChI=1S/C37H28N4O/c1-24-20-32(35(42)23-39-24)37-40-36-31(12-7-13-34(36)41(37)2)29-10-6-11-30(21-29)33-22-28(18-19-38-33)27-16-14-26(15-17-27)25-8-4-3-5-9-25/h3-23,42H,1-2H3. The monoisotopic (exact) mass is 544 g/mol. The van der Waals surface area contributed by atoms with Crippen molar-refractivity contribution in [1.82, 2.24) is 19.5 Å². The van der Waals surface area contributed by atoms with E-state index in [-0.39, 0.29) is 5.75 Å². The maximum atomic E-state index is 10.5. The average Bonchev–Trinajstić information content (AvgIpc) is 3.39. The van der Waals surface area contributed by atoms with Crippen molar-refractivity contribution in [3.63, 3.8) is 0 Å². The van der Waals surface area contributed by atoms with Crippen molar-refractivity contribution < 1.29 is 5.11 Å². The molecule has 0 aliphatic carbocycles. The van der Waals surface area contributed by atoms with Gasteiger partial charge in [-0.15, -0.1) is 0 Å². The number of nitrogens with zero attached hydrogens (tertiary/aromatic N) is 4. The van der Waals surface area contributed by atoms with E-state index < -0.39 is 0 Å². The Balaban J connectivity index is 1.25. The van der Waals surface area contributed by atoms with Crippen molar-refractivity contribution in [3.8, 4) is 61.8 Å². The summed E-state index contributed by atoms with van der Waals surface area (Å²) in [6.07, 6.45) is 3.35. The number of hydrogen-bond acceptors (Lipinski definition) is 4. The van der Waals surface area contributed by atoms with E-state index in [1.54, 1.807) is 0 Å². The molecule has 0 saturated heterocycles. The van der Waals surface area contributed by atoms with E-state index in [1.165, 1.54) is 17.3 Å². The molecule has 1 N–H and O–H groups in total. The number of aromatic nitrogens is 4. The summed E-state index contributed by atoms with van der Waals surface area (Å²) in [6.45, 7) is 1.91. The Morgan fingerprint density at radius 3 is 2.10 bits per heavy atom. The van der Waals surface area contributed by atoms with E-state index in [4.69, 9.17) is 9.97 Å². The van der Waals surface area contributed by atoms with Crippen molar-refractivity contribution >= 4 is 11.0 Å². The van der Waals surface area contributed by atoms with Crippen LogP contribution < -0.4 is 0 Å². The Morgan fingerprint density at radius 2 is 1.29 bits per heavy atom. The predicted molar refractivity (Wildman–Crippen MR) is 170 cm³/mol. The first-order chi connectivity index (χ1) is 20.5. The van der Waals surface area contributed by atoms with Gasteiger partial charge in [0.1, 0.15) is 11.6 Å². The Bertz CT molecular complexity index is 2060. The van der Waals surface area contributed by atoms with Gasteiger partial charge < -0.3 is 9.67 Å². The molecule has 42 heavy (non-hydrogen) atoms. The highest BCUT2D eigenvalue weighted by atomic mass is 16.3. The number of pyridine rings is 2. The summed E-state index contributed by atoms with van der Waals surface area (Å²) in [5.74, 6) is 0.812. The van der Waals surface area contributed by atoms with Crippen LogP contribution in [-0.4, -0.2) is 24.6 Å². The Labute approximate surface area is 244 Å². The molecule has 0 bridgehead atoms. The summed E-state index contributed by atoms with van der Waals surface area (Å²) >= 11 is 0. The summed E-state index contributed by atoms with van der Waals surface area (Å²) in [6, 6.07) is 39.8. The van der Waals surface area contributed by atoms with Gasteiger partial charge in [-0.25, -0.2) is 4.98 Å². The first-order valence-corrected chi connectivity index (χ1v) is 13.9. The lowest BCUT2D eigenvalue weighted by atomic mass is 9.98. The number of imidazole rings is 1. The van der Waals surface area contributed by atoms with E-state index in [0.29, 0.717) is 11.4 Å². The van der Waals surface area contributed by atoms with Gasteiger partial charge in [0, 0.05) is 30.1 Å². The molecule has 5 nitrogen and oxygen atoms in total. The molecule has 5 heteroatoms. The largest absolute Gasteiger partial charge is 0.506 e. The molecule has 0 atom stereocenters. The number of hydrogen-bond donors (Lipinski definition) is 1. The molecule has 0 unspecified atom stereocenters. The van der Waals surface area contributed by atoms with Crippen LogP contribution in [0.25, 0.3) is 67.1 Å². The van der Waals surface area contributed by atoms with Gasteiger partial charge in [-0.3, -0.25) is 9.97 Å². The highest BCUT2D eigenvalue weighted by Gasteiger charge is 2.17. The number of fused-ring (bicyclic) bond motifs is 1. The topological polar surface area (TPSA) is 63.8 Å². The molecule has 7 rings (SSSR count). The van der Waals surface area contributed by atoms with Gasteiger partial charge in [0.15, 0.2) is 0 Å². The van der Waals surface area contributed by atoms with Crippen molar-refractivity contribution in [2.45, 2.75) is 6.92 Å². The van der Waals surface area contributed by atoms with Crippen LogP contribution in [0, 0.1) is 6.92 Å². The zero-order chi connectivity index (χ0) is 28.6. The van der Waals surface area contributed by atoms with Crippen molar-refractivity contribution in [3.05, 3.63) is 133 Å². The second-order valence-electron chi connectivity index (χ2n) is 10.5. The van der Waals surface area contributed by atoms with E-state index >= 15 is 0 Å². The SMILES string of the molecule is Cc1cc(-c2nc3c(-c4cccc(-c5cc(-c6ccc(-c7ccccc7)cc6)ccn5)c4)cccc3n2C)c(O)cn1. The van der Waals surface area contributed by atoms with Crippen LogP contribution in [-0.2, 0) is 7.05 Å². The predicted octanol–water partition coefficient (Wildman–Crippen LogP) is 8.71. The minimum Gasteiger partial charge on any atom is -0.506 e. The van der Waals surface area contributed by atoms with E-state index in [2.05, 4.69) is 102 Å². The van der Waals surface area contributed by atoms with Crippen LogP contribution in [0.1, 0.15) is 5.69 Å². The van der Waals surface area contributed by atoms with Gasteiger partial charge in [0.2, 0.25) is 0 Å². The van der Waals surface area contributed by atoms with Crippen molar-refractivity contribution in [2.24, 2.45) is 7.05 Å². The van der Waals surface area contributed by atoms with Crippen molar-refractivity contribution in [1.29, 1.82) is 0 Å². The quantitative estimate of drug-likeness (QED) is 0.235. The first kappa shape index (κ1) is 25.4. The Morgan fingerprint density at radius 1 is 0.595 bits per heavy atom. The third-order valence-electron chi connectivity index (χ3n) is 7.73. The number of aryl methyl sites for hydroxylation is 2. The lowest BCUT2D eigenvalue weighted by Gasteiger charge is -2.09. The van der Waals surface area contributed by atoms with Gasteiger partial charge >= 0.3 is 0 Å². The third-order valence-corrected chi connectivity index (χ3v) is 7.73. The Kier molecular flexibility index (Phi) is 6.32. The van der Waals surface area contributed by atoms with Gasteiger partial charge in [-0.1, -0.05) is 84.9 Å². The van der Waals surface area contributed by atoms with Crippen LogP contribution in [0.5, 0.6) is 5.75 Å². The molecule has 7 aromatic rings. The maximum Gasteiger partial charge on any atom is 0.144 e. The fourth-order valence-electron chi connectivity index (χ4n) is 5.52. The van der Waals surface area contributed by atoms with Crippen LogP contribution in [0.2, 0.25) is 0 Å². The summed E-state index contributed by atoms with van der Waals surface area (Å²) in [7, 11) is 1.97. The summed E-state index contributed by atoms with van der Waals surface area (Å²) < 4.78 is 2.02. The van der Waals surface area contributed by atoms with Gasteiger partial charge in [-0.2, -0.15) is 0 Å². The molecule has 3 heterocycles. The zero-order valence-electron chi connectivity index (χ0n) is 23.4. The molecule has 0 spiro atoms. The number of para-hydroxylation sites is 1. The van der Waals surface area contributed by atoms with Crippen LogP contribution in [0.3, 0.4) is 0 Å². The summed E-state index contributed by atoms with van der Waals surface area (Å²) in [5.41, 5.74) is 12.0. The number of benzene rings is 4. The number of rotatable bonds is 5. The molecule has 3 aromatic heterocycles. The minimum atomic E-state index is 0.114. The number of aromatic hydroxyl groups is 1. The van der Waals surface area contributed by atoms with Gasteiger partial charge in [-0.05, 0) is 65.1 Å². The smallest absolute Gasteiger partial charge is 0.144 e. The molecule has 0 aliphatic rings. The fraction of sp³-hybridized carbons (Fsp3) is 0.0541. The highest BCUT2D eigenvalue weighted by Crippen LogP contribution is 2.36. The zero-order valence-corrected chi connectivity index (χ0v) is 23.4. The lowest BCUT2D eigenvalue weighted by molar-refractivity contribution is 0.473. The highest BCUT2D eigenvalue weighted by molar-refractivity contribution is 5.95. The van der Waals surface area contributed by atoms with Gasteiger partial charge in [0.05, 0.1) is 28.5 Å². The Hall–Kier alpha value is -5.55. The second kappa shape index (κ2) is 10.5. The molecule has 0 amide bonds. The first-order valence-electron chi connectivity index (χ1n) is 13.9. The summed E-state index contributed by atoms with van der Waals surface area (Å²) in [5, 5.41) is 10.5.